The van der Waals surface area contributed by atoms with Crippen molar-refractivity contribution in [3.8, 4) is 0 Å². The zero-order chi connectivity index (χ0) is 16.9. The molecule has 0 atom stereocenters. The minimum atomic E-state index is -0.146. The number of hydrogen-bond donors (Lipinski definition) is 2. The lowest BCUT2D eigenvalue weighted by atomic mass is 10.3. The first-order chi connectivity index (χ1) is 11.6. The van der Waals surface area contributed by atoms with Crippen molar-refractivity contribution in [2.45, 2.75) is 19.4 Å². The molecule has 0 saturated carbocycles. The van der Waals surface area contributed by atoms with Gasteiger partial charge in [-0.25, -0.2) is 4.98 Å². The summed E-state index contributed by atoms with van der Waals surface area (Å²) in [6.07, 6.45) is 4.10. The Kier molecular flexibility index (Phi) is 4.85. The monoisotopic (exact) mass is 343 g/mol. The fraction of sp³-hybridized carbons (Fsp3) is 0.250. The van der Waals surface area contributed by atoms with E-state index in [0.717, 1.165) is 15.2 Å². The summed E-state index contributed by atoms with van der Waals surface area (Å²) in [4.78, 5) is 27.8. The highest BCUT2D eigenvalue weighted by molar-refractivity contribution is 7.18. The summed E-state index contributed by atoms with van der Waals surface area (Å²) in [7, 11) is 1.57. The van der Waals surface area contributed by atoms with Crippen molar-refractivity contribution in [2.75, 3.05) is 12.4 Å². The van der Waals surface area contributed by atoms with Crippen LogP contribution in [0.15, 0.2) is 36.7 Å². The van der Waals surface area contributed by atoms with Gasteiger partial charge in [-0.15, -0.1) is 11.3 Å². The zero-order valence-electron chi connectivity index (χ0n) is 13.2. The van der Waals surface area contributed by atoms with E-state index in [2.05, 4.69) is 20.7 Å². The fourth-order valence-electron chi connectivity index (χ4n) is 2.21. The van der Waals surface area contributed by atoms with Gasteiger partial charge in [-0.05, 0) is 12.1 Å². The van der Waals surface area contributed by atoms with E-state index in [4.69, 9.17) is 0 Å². The Morgan fingerprint density at radius 2 is 2.08 bits per heavy atom. The van der Waals surface area contributed by atoms with Crippen LogP contribution in [0.4, 0.5) is 5.69 Å². The number of hydrogen-bond acceptors (Lipinski definition) is 5. The van der Waals surface area contributed by atoms with E-state index in [9.17, 15) is 9.59 Å². The summed E-state index contributed by atoms with van der Waals surface area (Å²) < 4.78 is 2.60. The largest absolute Gasteiger partial charge is 0.358 e. The Morgan fingerprint density at radius 3 is 2.88 bits per heavy atom. The Balaban J connectivity index is 1.53. The molecule has 0 saturated heterocycles. The average molecular weight is 343 g/mol. The predicted octanol–water partition coefficient (Wildman–Crippen LogP) is 1.81. The minimum Gasteiger partial charge on any atom is -0.358 e. The van der Waals surface area contributed by atoms with Crippen molar-refractivity contribution < 1.29 is 9.59 Å². The summed E-state index contributed by atoms with van der Waals surface area (Å²) >= 11 is 1.61. The highest BCUT2D eigenvalue weighted by Gasteiger charge is 2.09. The summed E-state index contributed by atoms with van der Waals surface area (Å²) in [6, 6.07) is 7.93. The molecular weight excluding hydrogens is 326 g/mol. The third kappa shape index (κ3) is 3.96. The molecule has 3 aromatic rings. The first-order valence-corrected chi connectivity index (χ1v) is 8.33. The van der Waals surface area contributed by atoms with Crippen LogP contribution in [0.3, 0.4) is 0 Å². The van der Waals surface area contributed by atoms with Crippen LogP contribution in [0.2, 0.25) is 0 Å². The van der Waals surface area contributed by atoms with Crippen molar-refractivity contribution in [1.29, 1.82) is 0 Å². The number of benzene rings is 1. The van der Waals surface area contributed by atoms with E-state index in [1.54, 1.807) is 24.6 Å². The molecule has 3 rings (SSSR count). The molecule has 2 amide bonds. The minimum absolute atomic E-state index is 0.103. The van der Waals surface area contributed by atoms with E-state index >= 15 is 0 Å². The molecular formula is C16H17N5O2S. The Bertz CT molecular complexity index is 837. The molecule has 0 aliphatic rings. The van der Waals surface area contributed by atoms with E-state index in [1.165, 1.54) is 10.9 Å². The number of carbonyl (C=O) groups is 2. The number of amides is 2. The van der Waals surface area contributed by atoms with Crippen LogP contribution < -0.4 is 10.6 Å². The highest BCUT2D eigenvalue weighted by atomic mass is 32.1. The van der Waals surface area contributed by atoms with Crippen LogP contribution in [0.25, 0.3) is 10.2 Å². The van der Waals surface area contributed by atoms with E-state index < -0.39 is 0 Å². The molecule has 0 spiro atoms. The number of para-hydroxylation sites is 1. The number of aromatic nitrogens is 3. The van der Waals surface area contributed by atoms with Gasteiger partial charge in [-0.3, -0.25) is 14.3 Å². The van der Waals surface area contributed by atoms with Crippen LogP contribution in [-0.4, -0.2) is 33.6 Å². The van der Waals surface area contributed by atoms with Crippen LogP contribution in [0, 0.1) is 0 Å². The Morgan fingerprint density at radius 1 is 1.25 bits per heavy atom. The maximum Gasteiger partial charge on any atom is 0.241 e. The summed E-state index contributed by atoms with van der Waals surface area (Å²) in [5.41, 5.74) is 1.54. The number of aryl methyl sites for hydroxylation is 1. The van der Waals surface area contributed by atoms with Crippen LogP contribution in [0.1, 0.15) is 11.4 Å². The predicted molar refractivity (Wildman–Crippen MR) is 92.9 cm³/mol. The van der Waals surface area contributed by atoms with Crippen molar-refractivity contribution in [3.05, 3.63) is 41.7 Å². The molecule has 8 heteroatoms. The molecule has 0 aliphatic heterocycles. The maximum absolute atomic E-state index is 12.0. The first-order valence-electron chi connectivity index (χ1n) is 7.51. The van der Waals surface area contributed by atoms with Gasteiger partial charge < -0.3 is 10.6 Å². The molecule has 124 valence electrons. The van der Waals surface area contributed by atoms with Gasteiger partial charge in [-0.2, -0.15) is 5.10 Å². The van der Waals surface area contributed by atoms with Gasteiger partial charge in [0.05, 0.1) is 27.1 Å². The summed E-state index contributed by atoms with van der Waals surface area (Å²) in [6.45, 7) is 0.123. The normalized spacial score (nSPS) is 10.7. The number of nitrogens with zero attached hydrogens (tertiary/aromatic N) is 3. The highest BCUT2D eigenvalue weighted by Crippen LogP contribution is 2.22. The molecule has 0 radical (unpaired) electrons. The molecule has 0 bridgehead atoms. The van der Waals surface area contributed by atoms with E-state index in [0.29, 0.717) is 18.5 Å². The van der Waals surface area contributed by atoms with Crippen molar-refractivity contribution in [2.24, 2.45) is 0 Å². The second-order valence-corrected chi connectivity index (χ2v) is 6.34. The Hall–Kier alpha value is -2.74. The molecule has 2 N–H and O–H groups in total. The van der Waals surface area contributed by atoms with Gasteiger partial charge in [-0.1, -0.05) is 12.1 Å². The summed E-state index contributed by atoms with van der Waals surface area (Å²) in [5.74, 6) is -0.249. The van der Waals surface area contributed by atoms with Crippen LogP contribution in [0.5, 0.6) is 0 Å². The topological polar surface area (TPSA) is 88.9 Å². The number of anilines is 1. The average Bonchev–Trinajstić information content (AvgIpc) is 3.19. The third-order valence-corrected chi connectivity index (χ3v) is 4.50. The number of carbonyl (C=O) groups excluding carboxylic acids is 2. The lowest BCUT2D eigenvalue weighted by Crippen LogP contribution is -2.23. The quantitative estimate of drug-likeness (QED) is 0.714. The van der Waals surface area contributed by atoms with Crippen molar-refractivity contribution >= 4 is 39.1 Å². The zero-order valence-corrected chi connectivity index (χ0v) is 14.0. The van der Waals surface area contributed by atoms with Gasteiger partial charge in [0, 0.05) is 26.1 Å². The number of thiazole rings is 1. The van der Waals surface area contributed by atoms with Crippen LogP contribution >= 0.6 is 11.3 Å². The lowest BCUT2D eigenvalue weighted by molar-refractivity contribution is -0.121. The molecule has 0 fully saturated rings. The molecule has 1 aromatic carbocycles. The van der Waals surface area contributed by atoms with Gasteiger partial charge in [0.1, 0.15) is 6.54 Å². The van der Waals surface area contributed by atoms with Gasteiger partial charge >= 0.3 is 0 Å². The third-order valence-electron chi connectivity index (χ3n) is 3.41. The number of rotatable bonds is 6. The van der Waals surface area contributed by atoms with Gasteiger partial charge in [0.2, 0.25) is 11.8 Å². The lowest BCUT2D eigenvalue weighted by Gasteiger charge is -2.01. The number of fused-ring (bicyclic) bond motifs is 1. The van der Waals surface area contributed by atoms with E-state index in [-0.39, 0.29) is 18.4 Å². The standard InChI is InChI=1S/C16H17N5O2S/c1-17-15(23)10-21-9-11(8-18-21)19-14(22)6-7-16-20-12-4-2-3-5-13(12)24-16/h2-5,8-9H,6-7,10H2,1H3,(H,17,23)(H,19,22). The number of nitrogens with one attached hydrogen (secondary N) is 2. The second kappa shape index (κ2) is 7.22. The molecule has 7 nitrogen and oxygen atoms in total. The SMILES string of the molecule is CNC(=O)Cn1cc(NC(=O)CCc2nc3ccccc3s2)cn1. The van der Waals surface area contributed by atoms with Crippen molar-refractivity contribution in [1.82, 2.24) is 20.1 Å². The van der Waals surface area contributed by atoms with Crippen molar-refractivity contribution in [3.63, 3.8) is 0 Å². The fourth-order valence-corrected chi connectivity index (χ4v) is 3.18. The Labute approximate surface area is 142 Å². The molecule has 2 heterocycles. The van der Waals surface area contributed by atoms with Gasteiger partial charge in [0.15, 0.2) is 0 Å². The van der Waals surface area contributed by atoms with E-state index in [1.807, 2.05) is 24.3 Å². The molecule has 0 aliphatic carbocycles. The molecule has 2 aromatic heterocycles. The second-order valence-electron chi connectivity index (χ2n) is 5.22. The maximum atomic E-state index is 12.0. The van der Waals surface area contributed by atoms with Gasteiger partial charge in [0.25, 0.3) is 0 Å². The summed E-state index contributed by atoms with van der Waals surface area (Å²) in [5, 5.41) is 10.3. The first kappa shape index (κ1) is 16.1. The molecule has 24 heavy (non-hydrogen) atoms. The molecule has 0 unspecified atom stereocenters. The van der Waals surface area contributed by atoms with Crippen LogP contribution in [-0.2, 0) is 22.6 Å². The smallest absolute Gasteiger partial charge is 0.241 e. The number of likely N-dealkylation sites (N-methyl/N-ethyl adjacent to an activating group) is 1.